The number of halogens is 1. The molecular weight excluding hydrogens is 350 g/mol. The van der Waals surface area contributed by atoms with Crippen LogP contribution in [0.1, 0.15) is 29.8 Å². The summed E-state index contributed by atoms with van der Waals surface area (Å²) in [6.07, 6.45) is 0. The van der Waals surface area contributed by atoms with Crippen LogP contribution in [0.2, 0.25) is 0 Å². The van der Waals surface area contributed by atoms with Gasteiger partial charge in [0.05, 0.1) is 24.8 Å². The number of fused-ring (bicyclic) bond motifs is 1. The lowest BCUT2D eigenvalue weighted by molar-refractivity contribution is -0.136. The molecule has 1 amide bonds. The Morgan fingerprint density at radius 1 is 1.41 bits per heavy atom. The Bertz CT molecular complexity index is 652. The van der Waals surface area contributed by atoms with E-state index >= 15 is 0 Å². The van der Waals surface area contributed by atoms with Crippen LogP contribution in [0.3, 0.4) is 0 Å². The first-order valence-corrected chi connectivity index (χ1v) is 7.74. The predicted octanol–water partition coefficient (Wildman–Crippen LogP) is 3.00. The van der Waals surface area contributed by atoms with Gasteiger partial charge in [-0.3, -0.25) is 4.79 Å². The van der Waals surface area contributed by atoms with Crippen molar-refractivity contribution in [2.24, 2.45) is 5.92 Å². The Morgan fingerprint density at radius 2 is 2.09 bits per heavy atom. The number of aliphatic hydroxyl groups excluding tert-OH is 1. The SMILES string of the molecule is COC(=O)C1=C(O)c2ccc(Br)cc2C(=O)N(CC(C)C)C1. The molecular formula is C16H18BrNO4. The number of amides is 1. The second-order valence-corrected chi connectivity index (χ2v) is 6.50. The van der Waals surface area contributed by atoms with Gasteiger partial charge in [-0.15, -0.1) is 0 Å². The fourth-order valence-electron chi connectivity index (χ4n) is 2.44. The van der Waals surface area contributed by atoms with Crippen molar-refractivity contribution in [1.82, 2.24) is 4.90 Å². The minimum absolute atomic E-state index is 0.0296. The number of benzene rings is 1. The smallest absolute Gasteiger partial charge is 0.339 e. The highest BCUT2D eigenvalue weighted by Gasteiger charge is 2.31. The first kappa shape index (κ1) is 16.5. The quantitative estimate of drug-likeness (QED) is 0.833. The normalized spacial score (nSPS) is 15.0. The zero-order chi connectivity index (χ0) is 16.4. The Balaban J connectivity index is 2.62. The summed E-state index contributed by atoms with van der Waals surface area (Å²) < 4.78 is 5.47. The number of nitrogens with zero attached hydrogens (tertiary/aromatic N) is 1. The lowest BCUT2D eigenvalue weighted by Gasteiger charge is -2.23. The van der Waals surface area contributed by atoms with Crippen LogP contribution in [0.15, 0.2) is 28.2 Å². The van der Waals surface area contributed by atoms with Crippen LogP contribution in [0.25, 0.3) is 5.76 Å². The molecule has 0 atom stereocenters. The molecule has 5 nitrogen and oxygen atoms in total. The minimum atomic E-state index is -0.630. The standard InChI is InChI=1S/C16H18BrNO4/c1-9(2)7-18-8-13(16(21)22-3)14(19)11-5-4-10(17)6-12(11)15(18)20/h4-6,9,19H,7-8H2,1-3H3. The topological polar surface area (TPSA) is 66.8 Å². The summed E-state index contributed by atoms with van der Waals surface area (Å²) in [4.78, 5) is 26.3. The van der Waals surface area contributed by atoms with Crippen molar-refractivity contribution in [2.45, 2.75) is 13.8 Å². The Kier molecular flexibility index (Phi) is 4.90. The average molecular weight is 368 g/mol. The van der Waals surface area contributed by atoms with Gasteiger partial charge >= 0.3 is 5.97 Å². The number of methoxy groups -OCH3 is 1. The largest absolute Gasteiger partial charge is 0.507 e. The van der Waals surface area contributed by atoms with Crippen molar-refractivity contribution < 1.29 is 19.4 Å². The van der Waals surface area contributed by atoms with E-state index in [4.69, 9.17) is 4.74 Å². The molecule has 0 unspecified atom stereocenters. The molecule has 6 heteroatoms. The number of rotatable bonds is 3. The Hall–Kier alpha value is -1.82. The molecule has 1 N–H and O–H groups in total. The number of hydrogen-bond donors (Lipinski definition) is 1. The number of hydrogen-bond acceptors (Lipinski definition) is 4. The van der Waals surface area contributed by atoms with Crippen LogP contribution >= 0.6 is 15.9 Å². The van der Waals surface area contributed by atoms with Crippen molar-refractivity contribution in [2.75, 3.05) is 20.2 Å². The zero-order valence-electron chi connectivity index (χ0n) is 12.7. The molecule has 1 aliphatic heterocycles. The third-order valence-corrected chi connectivity index (χ3v) is 3.90. The third-order valence-electron chi connectivity index (χ3n) is 3.41. The number of carbonyl (C=O) groups is 2. The van der Waals surface area contributed by atoms with Crippen LogP contribution in [0.4, 0.5) is 0 Å². The average Bonchev–Trinajstić information content (AvgIpc) is 2.57. The summed E-state index contributed by atoms with van der Waals surface area (Å²) in [5.74, 6) is -0.807. The van der Waals surface area contributed by atoms with E-state index in [1.807, 2.05) is 13.8 Å². The fourth-order valence-corrected chi connectivity index (χ4v) is 2.80. The number of aliphatic hydroxyl groups is 1. The van der Waals surface area contributed by atoms with Gasteiger partial charge in [-0.1, -0.05) is 29.8 Å². The van der Waals surface area contributed by atoms with Crippen LogP contribution in [0, 0.1) is 5.92 Å². The van der Waals surface area contributed by atoms with Gasteiger partial charge in [0, 0.05) is 16.6 Å². The third kappa shape index (κ3) is 3.16. The maximum Gasteiger partial charge on any atom is 0.339 e. The monoisotopic (exact) mass is 367 g/mol. The summed E-state index contributed by atoms with van der Waals surface area (Å²) >= 11 is 3.33. The molecule has 0 fully saturated rings. The molecule has 0 spiro atoms. The Morgan fingerprint density at radius 3 is 2.68 bits per heavy atom. The lowest BCUT2D eigenvalue weighted by atomic mass is 10.0. The molecule has 0 aliphatic carbocycles. The van der Waals surface area contributed by atoms with Gasteiger partial charge in [0.25, 0.3) is 5.91 Å². The number of carbonyl (C=O) groups excluding carboxylic acids is 2. The molecule has 0 aromatic heterocycles. The van der Waals surface area contributed by atoms with Crippen LogP contribution in [-0.2, 0) is 9.53 Å². The van der Waals surface area contributed by atoms with E-state index in [1.165, 1.54) is 7.11 Å². The van der Waals surface area contributed by atoms with E-state index in [-0.39, 0.29) is 29.7 Å². The second kappa shape index (κ2) is 6.52. The molecule has 1 heterocycles. The summed E-state index contributed by atoms with van der Waals surface area (Å²) in [7, 11) is 1.25. The molecule has 22 heavy (non-hydrogen) atoms. The molecule has 2 rings (SSSR count). The highest BCUT2D eigenvalue weighted by molar-refractivity contribution is 9.10. The van der Waals surface area contributed by atoms with Crippen molar-refractivity contribution in [3.63, 3.8) is 0 Å². The highest BCUT2D eigenvalue weighted by Crippen LogP contribution is 2.29. The summed E-state index contributed by atoms with van der Waals surface area (Å²) in [5.41, 5.74) is 0.809. The van der Waals surface area contributed by atoms with Gasteiger partial charge in [-0.2, -0.15) is 0 Å². The first-order chi connectivity index (χ1) is 10.3. The van der Waals surface area contributed by atoms with Gasteiger partial charge in [0.15, 0.2) is 0 Å². The summed E-state index contributed by atoms with van der Waals surface area (Å²) in [5, 5.41) is 10.4. The molecule has 0 radical (unpaired) electrons. The van der Waals surface area contributed by atoms with E-state index in [9.17, 15) is 14.7 Å². The van der Waals surface area contributed by atoms with E-state index in [0.717, 1.165) is 4.47 Å². The molecule has 1 aliphatic rings. The van der Waals surface area contributed by atoms with Gasteiger partial charge in [0.1, 0.15) is 5.76 Å². The van der Waals surface area contributed by atoms with Crippen molar-refractivity contribution in [1.29, 1.82) is 0 Å². The van der Waals surface area contributed by atoms with E-state index in [0.29, 0.717) is 17.7 Å². The van der Waals surface area contributed by atoms with Gasteiger partial charge in [-0.25, -0.2) is 4.79 Å². The van der Waals surface area contributed by atoms with Gasteiger partial charge < -0.3 is 14.7 Å². The molecule has 118 valence electrons. The molecule has 0 bridgehead atoms. The Labute approximate surface area is 137 Å². The lowest BCUT2D eigenvalue weighted by Crippen LogP contribution is -2.36. The molecule has 1 aromatic carbocycles. The van der Waals surface area contributed by atoms with Gasteiger partial charge in [-0.05, 0) is 24.1 Å². The van der Waals surface area contributed by atoms with E-state index in [1.54, 1.807) is 23.1 Å². The van der Waals surface area contributed by atoms with Crippen molar-refractivity contribution in [3.05, 3.63) is 39.4 Å². The summed E-state index contributed by atoms with van der Waals surface area (Å²) in [6.45, 7) is 4.49. The molecule has 1 aromatic rings. The second-order valence-electron chi connectivity index (χ2n) is 5.59. The first-order valence-electron chi connectivity index (χ1n) is 6.94. The maximum absolute atomic E-state index is 12.7. The highest BCUT2D eigenvalue weighted by atomic mass is 79.9. The molecule has 0 saturated heterocycles. The van der Waals surface area contributed by atoms with Crippen LogP contribution in [-0.4, -0.2) is 42.1 Å². The van der Waals surface area contributed by atoms with Crippen molar-refractivity contribution >= 4 is 33.6 Å². The molecule has 0 saturated carbocycles. The minimum Gasteiger partial charge on any atom is -0.507 e. The van der Waals surface area contributed by atoms with Gasteiger partial charge in [0.2, 0.25) is 0 Å². The fraction of sp³-hybridized carbons (Fsp3) is 0.375. The predicted molar refractivity (Wildman–Crippen MR) is 86.4 cm³/mol. The zero-order valence-corrected chi connectivity index (χ0v) is 14.3. The number of esters is 1. The number of ether oxygens (including phenoxy) is 1. The maximum atomic E-state index is 12.7. The van der Waals surface area contributed by atoms with E-state index in [2.05, 4.69) is 15.9 Å². The van der Waals surface area contributed by atoms with Crippen LogP contribution in [0.5, 0.6) is 0 Å². The summed E-state index contributed by atoms with van der Waals surface area (Å²) in [6, 6.07) is 4.99. The van der Waals surface area contributed by atoms with Crippen molar-refractivity contribution in [3.8, 4) is 0 Å². The van der Waals surface area contributed by atoms with Crippen LogP contribution < -0.4 is 0 Å². The van der Waals surface area contributed by atoms with E-state index < -0.39 is 5.97 Å².